The molecule has 0 bridgehead atoms. The molecule has 1 amide bonds. The van der Waals surface area contributed by atoms with E-state index in [4.69, 9.17) is 9.84 Å². The highest BCUT2D eigenvalue weighted by molar-refractivity contribution is 6.22. The maximum atomic E-state index is 12.6. The Balaban J connectivity index is 2.25. The number of hydrogen-bond acceptors (Lipinski definition) is 5. The van der Waals surface area contributed by atoms with Gasteiger partial charge in [-0.2, -0.15) is 0 Å². The molecular formula is C15H22N2O6. The SMILES string of the molecule is C[C@H](N=CC(=O)O)C(=O)N1CCC[C@]1(C(=O)O)C1CCOCC1. The van der Waals surface area contributed by atoms with Crippen LogP contribution in [0.25, 0.3) is 0 Å². The molecule has 0 radical (unpaired) electrons. The van der Waals surface area contributed by atoms with Crippen LogP contribution < -0.4 is 0 Å². The number of rotatable bonds is 5. The standard InChI is InChI=1S/C15H22N2O6/c1-10(16-9-12(18)19)13(20)17-6-2-5-15(17,14(21)22)11-3-7-23-8-4-11/h9-11H,2-8H2,1H3,(H,18,19)(H,21,22)/t10-,15+/m0/s1. The molecule has 8 nitrogen and oxygen atoms in total. The second-order valence-corrected chi connectivity index (χ2v) is 6.00. The Hall–Kier alpha value is -1.96. The first-order valence-electron chi connectivity index (χ1n) is 7.78. The topological polar surface area (TPSA) is 116 Å². The summed E-state index contributed by atoms with van der Waals surface area (Å²) in [5.41, 5.74) is -1.23. The Bertz CT molecular complexity index is 514. The van der Waals surface area contributed by atoms with Crippen LogP contribution in [-0.2, 0) is 19.1 Å². The van der Waals surface area contributed by atoms with Crippen molar-refractivity contribution in [1.82, 2.24) is 4.90 Å². The minimum absolute atomic E-state index is 0.157. The average molecular weight is 326 g/mol. The van der Waals surface area contributed by atoms with Crippen LogP contribution in [0.1, 0.15) is 32.6 Å². The molecule has 2 aliphatic heterocycles. The molecule has 128 valence electrons. The van der Waals surface area contributed by atoms with Gasteiger partial charge in [-0.1, -0.05) is 0 Å². The summed E-state index contributed by atoms with van der Waals surface area (Å²) in [6.07, 6.45) is 2.90. The van der Waals surface area contributed by atoms with Crippen molar-refractivity contribution in [3.63, 3.8) is 0 Å². The number of carbonyl (C=O) groups excluding carboxylic acids is 1. The first-order chi connectivity index (χ1) is 10.9. The van der Waals surface area contributed by atoms with Gasteiger partial charge in [0.25, 0.3) is 0 Å². The second kappa shape index (κ2) is 7.08. The number of likely N-dealkylation sites (tertiary alicyclic amines) is 1. The van der Waals surface area contributed by atoms with Gasteiger partial charge in [-0.3, -0.25) is 9.79 Å². The van der Waals surface area contributed by atoms with Crippen LogP contribution in [0.15, 0.2) is 4.99 Å². The van der Waals surface area contributed by atoms with Crippen molar-refractivity contribution < 1.29 is 29.3 Å². The van der Waals surface area contributed by atoms with Crippen LogP contribution in [0.3, 0.4) is 0 Å². The fourth-order valence-electron chi connectivity index (χ4n) is 3.61. The molecule has 0 unspecified atom stereocenters. The summed E-state index contributed by atoms with van der Waals surface area (Å²) in [4.78, 5) is 40.4. The molecule has 0 saturated carbocycles. The Morgan fingerprint density at radius 3 is 2.52 bits per heavy atom. The number of nitrogens with zero attached hydrogens (tertiary/aromatic N) is 2. The van der Waals surface area contributed by atoms with Crippen LogP contribution in [0, 0.1) is 5.92 Å². The van der Waals surface area contributed by atoms with E-state index in [1.54, 1.807) is 0 Å². The monoisotopic (exact) mass is 326 g/mol. The third kappa shape index (κ3) is 3.36. The van der Waals surface area contributed by atoms with E-state index >= 15 is 0 Å². The molecule has 8 heteroatoms. The molecular weight excluding hydrogens is 304 g/mol. The largest absolute Gasteiger partial charge is 0.479 e. The summed E-state index contributed by atoms with van der Waals surface area (Å²) in [5, 5.41) is 18.5. The number of ether oxygens (including phenoxy) is 1. The third-order valence-electron chi connectivity index (χ3n) is 4.72. The molecule has 2 fully saturated rings. The lowest BCUT2D eigenvalue weighted by Crippen LogP contribution is -2.60. The Morgan fingerprint density at radius 2 is 1.96 bits per heavy atom. The summed E-state index contributed by atoms with van der Waals surface area (Å²) >= 11 is 0. The van der Waals surface area contributed by atoms with Crippen LogP contribution in [0.4, 0.5) is 0 Å². The maximum Gasteiger partial charge on any atom is 0.346 e. The molecule has 0 aromatic rings. The maximum absolute atomic E-state index is 12.6. The van der Waals surface area contributed by atoms with Crippen molar-refractivity contribution >= 4 is 24.1 Å². The highest BCUT2D eigenvalue weighted by Crippen LogP contribution is 2.41. The quantitative estimate of drug-likeness (QED) is 0.707. The number of carbonyl (C=O) groups is 3. The van der Waals surface area contributed by atoms with E-state index in [1.807, 2.05) is 0 Å². The van der Waals surface area contributed by atoms with Gasteiger partial charge in [0.1, 0.15) is 17.8 Å². The van der Waals surface area contributed by atoms with Gasteiger partial charge in [-0.25, -0.2) is 9.59 Å². The van der Waals surface area contributed by atoms with Crippen molar-refractivity contribution in [2.75, 3.05) is 19.8 Å². The van der Waals surface area contributed by atoms with Gasteiger partial charge in [-0.15, -0.1) is 0 Å². The lowest BCUT2D eigenvalue weighted by atomic mass is 9.76. The second-order valence-electron chi connectivity index (χ2n) is 6.00. The molecule has 2 heterocycles. The molecule has 2 atom stereocenters. The van der Waals surface area contributed by atoms with E-state index in [-0.39, 0.29) is 5.92 Å². The van der Waals surface area contributed by atoms with E-state index in [9.17, 15) is 19.5 Å². The molecule has 0 aliphatic carbocycles. The fraction of sp³-hybridized carbons (Fsp3) is 0.733. The minimum atomic E-state index is -1.24. The summed E-state index contributed by atoms with van der Waals surface area (Å²) in [6.45, 7) is 2.83. The van der Waals surface area contributed by atoms with E-state index in [0.717, 1.165) is 0 Å². The fourth-order valence-corrected chi connectivity index (χ4v) is 3.61. The van der Waals surface area contributed by atoms with Gasteiger partial charge in [-0.05, 0) is 38.5 Å². The van der Waals surface area contributed by atoms with Gasteiger partial charge in [0.15, 0.2) is 0 Å². The minimum Gasteiger partial charge on any atom is -0.479 e. The van der Waals surface area contributed by atoms with Crippen molar-refractivity contribution in [3.8, 4) is 0 Å². The number of aliphatic carboxylic acids is 2. The van der Waals surface area contributed by atoms with E-state index in [2.05, 4.69) is 4.99 Å². The number of aliphatic imine (C=N–C) groups is 1. The van der Waals surface area contributed by atoms with Crippen molar-refractivity contribution in [2.45, 2.75) is 44.2 Å². The van der Waals surface area contributed by atoms with Gasteiger partial charge in [0.05, 0.1) is 0 Å². The zero-order valence-electron chi connectivity index (χ0n) is 13.1. The lowest BCUT2D eigenvalue weighted by molar-refractivity contribution is -0.163. The van der Waals surface area contributed by atoms with Gasteiger partial charge < -0.3 is 19.8 Å². The molecule has 23 heavy (non-hydrogen) atoms. The number of amides is 1. The molecule has 0 aromatic heterocycles. The van der Waals surface area contributed by atoms with E-state index in [1.165, 1.54) is 11.8 Å². The van der Waals surface area contributed by atoms with Crippen molar-refractivity contribution in [1.29, 1.82) is 0 Å². The first-order valence-corrected chi connectivity index (χ1v) is 7.78. The Labute approximate surface area is 134 Å². The zero-order valence-corrected chi connectivity index (χ0v) is 13.1. The highest BCUT2D eigenvalue weighted by Gasteiger charge is 2.55. The van der Waals surface area contributed by atoms with Crippen LogP contribution in [0.5, 0.6) is 0 Å². The zero-order chi connectivity index (χ0) is 17.0. The van der Waals surface area contributed by atoms with Gasteiger partial charge in [0.2, 0.25) is 5.91 Å². The predicted octanol–water partition coefficient (Wildman–Crippen LogP) is 0.403. The third-order valence-corrected chi connectivity index (χ3v) is 4.72. The summed E-state index contributed by atoms with van der Waals surface area (Å²) < 4.78 is 5.31. The van der Waals surface area contributed by atoms with Crippen LogP contribution in [-0.4, -0.2) is 70.5 Å². The van der Waals surface area contributed by atoms with Crippen molar-refractivity contribution in [3.05, 3.63) is 0 Å². The molecule has 0 spiro atoms. The summed E-state index contributed by atoms with van der Waals surface area (Å²) in [7, 11) is 0. The molecule has 2 rings (SSSR count). The molecule has 2 saturated heterocycles. The average Bonchev–Trinajstić information content (AvgIpc) is 2.98. The van der Waals surface area contributed by atoms with Gasteiger partial charge in [0, 0.05) is 19.8 Å². The predicted molar refractivity (Wildman–Crippen MR) is 80.4 cm³/mol. The number of carboxylic acids is 2. The number of carboxylic acid groups (broad SMARTS) is 2. The normalized spacial score (nSPS) is 27.3. The first kappa shape index (κ1) is 17.4. The Morgan fingerprint density at radius 1 is 1.30 bits per heavy atom. The van der Waals surface area contributed by atoms with Crippen LogP contribution in [0.2, 0.25) is 0 Å². The highest BCUT2D eigenvalue weighted by atomic mass is 16.5. The summed E-state index contributed by atoms with van der Waals surface area (Å²) in [5.74, 6) is -2.82. The van der Waals surface area contributed by atoms with E-state index in [0.29, 0.717) is 51.7 Å². The molecule has 2 aliphatic rings. The molecule has 2 N–H and O–H groups in total. The summed E-state index contributed by atoms with van der Waals surface area (Å²) in [6, 6.07) is -0.914. The van der Waals surface area contributed by atoms with E-state index < -0.39 is 29.4 Å². The van der Waals surface area contributed by atoms with Crippen molar-refractivity contribution in [2.24, 2.45) is 10.9 Å². The van der Waals surface area contributed by atoms with Crippen LogP contribution >= 0.6 is 0 Å². The smallest absolute Gasteiger partial charge is 0.346 e. The molecule has 0 aromatic carbocycles. The Kier molecular flexibility index (Phi) is 5.35. The number of hydrogen-bond donors (Lipinski definition) is 2. The lowest BCUT2D eigenvalue weighted by Gasteiger charge is -2.43. The van der Waals surface area contributed by atoms with Gasteiger partial charge >= 0.3 is 11.9 Å².